The lowest BCUT2D eigenvalue weighted by atomic mass is 9.68. The van der Waals surface area contributed by atoms with E-state index in [2.05, 4.69) is 26.7 Å². The van der Waals surface area contributed by atoms with E-state index in [1.54, 1.807) is 36.5 Å². The fourth-order valence-electron chi connectivity index (χ4n) is 7.86. The first-order valence-corrected chi connectivity index (χ1v) is 18.2. The third-order valence-electron chi connectivity index (χ3n) is 10.5. The van der Waals surface area contributed by atoms with Crippen molar-refractivity contribution in [3.63, 3.8) is 0 Å². The van der Waals surface area contributed by atoms with Gasteiger partial charge in [-0.05, 0) is 110 Å². The van der Waals surface area contributed by atoms with Crippen molar-refractivity contribution in [1.29, 1.82) is 0 Å². The quantitative estimate of drug-likeness (QED) is 0.344. The Morgan fingerprint density at radius 1 is 1.11 bits per heavy atom. The predicted octanol–water partition coefficient (Wildman–Crippen LogP) is 5.62. The highest BCUT2D eigenvalue weighted by atomic mass is 35.5. The van der Waals surface area contributed by atoms with E-state index >= 15 is 0 Å². The van der Waals surface area contributed by atoms with Crippen LogP contribution in [0.1, 0.15) is 65.7 Å². The number of carbonyl (C=O) groups excluding carboxylic acids is 1. The van der Waals surface area contributed by atoms with Gasteiger partial charge in [0.25, 0.3) is 5.91 Å². The van der Waals surface area contributed by atoms with Crippen LogP contribution in [0.2, 0.25) is 5.02 Å². The highest BCUT2D eigenvalue weighted by Gasteiger charge is 2.44. The van der Waals surface area contributed by atoms with Gasteiger partial charge in [0.2, 0.25) is 10.0 Å². The molecule has 8 nitrogen and oxygen atoms in total. The van der Waals surface area contributed by atoms with Crippen molar-refractivity contribution in [3.05, 3.63) is 100 Å². The van der Waals surface area contributed by atoms with Gasteiger partial charge in [0.15, 0.2) is 0 Å². The SMILES string of the molecule is O=C1NS(=O)(=O)[C@H](Cc2ccccn2)CC/C=C\[C@H](O)[C@@H]2CC[C@H]2CN2C[C@@]3(CCCc4cc(Cl)ccc43)COc3ccc1cc32. The molecule has 1 amide bonds. The van der Waals surface area contributed by atoms with Gasteiger partial charge in [0.1, 0.15) is 5.75 Å². The number of sulfonamides is 1. The maximum Gasteiger partial charge on any atom is 0.264 e. The Labute approximate surface area is 275 Å². The lowest BCUT2D eigenvalue weighted by Gasteiger charge is -2.45. The summed E-state index contributed by atoms with van der Waals surface area (Å²) < 4.78 is 36.3. The molecule has 3 heterocycles. The summed E-state index contributed by atoms with van der Waals surface area (Å²) in [5.74, 6) is 0.371. The lowest BCUT2D eigenvalue weighted by molar-refractivity contribution is 0.0456. The number of hydrogen-bond donors (Lipinski definition) is 2. The summed E-state index contributed by atoms with van der Waals surface area (Å²) in [6.45, 7) is 1.87. The summed E-state index contributed by atoms with van der Waals surface area (Å²) in [4.78, 5) is 20.3. The van der Waals surface area contributed by atoms with Crippen LogP contribution >= 0.6 is 11.6 Å². The molecule has 1 saturated carbocycles. The van der Waals surface area contributed by atoms with E-state index in [0.717, 1.165) is 42.8 Å². The topological polar surface area (TPSA) is 109 Å². The number of aryl methyl sites for hydroxylation is 1. The van der Waals surface area contributed by atoms with Crippen LogP contribution in [0.5, 0.6) is 5.75 Å². The second-order valence-corrected chi connectivity index (χ2v) is 15.8. The smallest absolute Gasteiger partial charge is 0.264 e. The van der Waals surface area contributed by atoms with E-state index in [1.165, 1.54) is 11.1 Å². The molecule has 0 radical (unpaired) electrons. The molecule has 1 fully saturated rings. The lowest BCUT2D eigenvalue weighted by Crippen LogP contribution is -2.49. The monoisotopic (exact) mass is 661 g/mol. The van der Waals surface area contributed by atoms with E-state index in [1.807, 2.05) is 24.3 Å². The summed E-state index contributed by atoms with van der Waals surface area (Å²) >= 11 is 6.41. The van der Waals surface area contributed by atoms with Gasteiger partial charge in [-0.1, -0.05) is 35.9 Å². The summed E-state index contributed by atoms with van der Waals surface area (Å²) in [6.07, 6.45) is 10.5. The zero-order valence-electron chi connectivity index (χ0n) is 25.8. The summed E-state index contributed by atoms with van der Waals surface area (Å²) in [6, 6.07) is 16.8. The van der Waals surface area contributed by atoms with Crippen molar-refractivity contribution in [3.8, 4) is 5.75 Å². The maximum atomic E-state index is 13.7. The largest absolute Gasteiger partial charge is 0.490 e. The highest BCUT2D eigenvalue weighted by molar-refractivity contribution is 7.90. The minimum atomic E-state index is -4.06. The molecule has 46 heavy (non-hydrogen) atoms. The number of rotatable bonds is 2. The van der Waals surface area contributed by atoms with Crippen LogP contribution in [0.4, 0.5) is 5.69 Å². The fraction of sp³-hybridized carbons (Fsp3) is 0.444. The van der Waals surface area contributed by atoms with Gasteiger partial charge in [0, 0.05) is 47.4 Å². The molecule has 0 unspecified atom stereocenters. The zero-order chi connectivity index (χ0) is 31.9. The molecule has 3 aromatic rings. The van der Waals surface area contributed by atoms with E-state index in [4.69, 9.17) is 16.3 Å². The van der Waals surface area contributed by atoms with E-state index in [9.17, 15) is 18.3 Å². The molecule has 1 spiro atoms. The van der Waals surface area contributed by atoms with Crippen LogP contribution in [0.25, 0.3) is 0 Å². The number of halogens is 1. The number of ether oxygens (including phenoxy) is 1. The number of pyridine rings is 1. The number of nitrogens with one attached hydrogen (secondary N) is 1. The number of aliphatic hydroxyl groups is 1. The Morgan fingerprint density at radius 3 is 2.80 bits per heavy atom. The number of anilines is 1. The Bertz CT molecular complexity index is 1750. The molecule has 1 aromatic heterocycles. The van der Waals surface area contributed by atoms with Gasteiger partial charge >= 0.3 is 0 Å². The number of hydrogen-bond acceptors (Lipinski definition) is 7. The number of fused-ring (bicyclic) bond motifs is 4. The van der Waals surface area contributed by atoms with Crippen molar-refractivity contribution in [2.75, 3.05) is 24.6 Å². The molecule has 2 bridgehead atoms. The molecule has 10 heteroatoms. The first kappa shape index (κ1) is 31.2. The number of allylic oxidation sites excluding steroid dienone is 1. The zero-order valence-corrected chi connectivity index (χ0v) is 27.3. The minimum absolute atomic E-state index is 0.102. The molecule has 7 rings (SSSR count). The Kier molecular flexibility index (Phi) is 8.59. The molecular weight excluding hydrogens is 622 g/mol. The number of carbonyl (C=O) groups is 1. The number of aromatic nitrogens is 1. The standard InChI is InChI=1S/C36H40ClN3O5S/c37-27-12-14-31-24(18-27)6-5-16-36(31)22-40-21-26-10-13-30(26)33(41)9-2-1-8-29(20-28-7-3-4-17-38-28)46(43,44)39-35(42)25-11-15-34(45-23-36)32(40)19-25/h2-4,7,9,11-12,14-15,17-19,26,29-30,33,41H,1,5-6,8,10,13,16,20-23H2,(H,39,42)/b9-2-/t26-,29-,30+,33-,36-/m0/s1. The first-order chi connectivity index (χ1) is 22.2. The average Bonchev–Trinajstić information content (AvgIpc) is 3.17. The first-order valence-electron chi connectivity index (χ1n) is 16.3. The van der Waals surface area contributed by atoms with Gasteiger partial charge in [-0.25, -0.2) is 13.1 Å². The van der Waals surface area contributed by atoms with Gasteiger partial charge in [-0.15, -0.1) is 0 Å². The molecule has 2 aromatic carbocycles. The van der Waals surface area contributed by atoms with Crippen molar-refractivity contribution in [2.24, 2.45) is 11.8 Å². The normalized spacial score (nSPS) is 29.7. The van der Waals surface area contributed by atoms with E-state index in [0.29, 0.717) is 37.6 Å². The van der Waals surface area contributed by atoms with E-state index < -0.39 is 27.3 Å². The Morgan fingerprint density at radius 2 is 2.00 bits per heavy atom. The summed E-state index contributed by atoms with van der Waals surface area (Å²) in [7, 11) is -4.06. The van der Waals surface area contributed by atoms with Crippen molar-refractivity contribution >= 4 is 33.2 Å². The summed E-state index contributed by atoms with van der Waals surface area (Å²) in [5.41, 5.74) is 3.89. The van der Waals surface area contributed by atoms with Crippen LogP contribution in [0.15, 0.2) is 72.9 Å². The molecule has 0 saturated heterocycles. The molecule has 2 N–H and O–H groups in total. The van der Waals surface area contributed by atoms with Gasteiger partial charge in [0.05, 0.1) is 23.6 Å². The van der Waals surface area contributed by atoms with Crippen molar-refractivity contribution in [1.82, 2.24) is 9.71 Å². The molecule has 4 aliphatic rings. The van der Waals surface area contributed by atoms with Crippen molar-refractivity contribution in [2.45, 2.75) is 68.1 Å². The third kappa shape index (κ3) is 6.17. The average molecular weight is 662 g/mol. The molecule has 2 aliphatic heterocycles. The Hall–Kier alpha value is -3.40. The number of benzene rings is 2. The van der Waals surface area contributed by atoms with Gasteiger partial charge in [-0.3, -0.25) is 9.78 Å². The molecule has 2 aliphatic carbocycles. The van der Waals surface area contributed by atoms with Crippen LogP contribution in [-0.4, -0.2) is 55.5 Å². The van der Waals surface area contributed by atoms with E-state index in [-0.39, 0.29) is 35.7 Å². The fourth-order valence-corrected chi connectivity index (χ4v) is 9.43. The highest BCUT2D eigenvalue weighted by Crippen LogP contribution is 2.46. The van der Waals surface area contributed by atoms with Crippen LogP contribution in [0, 0.1) is 11.8 Å². The Balaban J connectivity index is 1.26. The molecule has 5 atom stereocenters. The van der Waals surface area contributed by atoms with Gasteiger partial charge in [-0.2, -0.15) is 0 Å². The van der Waals surface area contributed by atoms with Crippen LogP contribution in [-0.2, 0) is 28.3 Å². The van der Waals surface area contributed by atoms with Crippen LogP contribution < -0.4 is 14.4 Å². The second kappa shape index (κ2) is 12.7. The van der Waals surface area contributed by atoms with Crippen molar-refractivity contribution < 1.29 is 23.1 Å². The number of nitrogens with zero attached hydrogens (tertiary/aromatic N) is 2. The number of aliphatic hydroxyl groups excluding tert-OH is 1. The number of amides is 1. The predicted molar refractivity (Wildman–Crippen MR) is 179 cm³/mol. The molecular formula is C36H40ClN3O5S. The maximum absolute atomic E-state index is 13.7. The van der Waals surface area contributed by atoms with Gasteiger partial charge < -0.3 is 14.7 Å². The minimum Gasteiger partial charge on any atom is -0.490 e. The van der Waals surface area contributed by atoms with Crippen LogP contribution in [0.3, 0.4) is 0 Å². The molecule has 242 valence electrons. The summed E-state index contributed by atoms with van der Waals surface area (Å²) in [5, 5.41) is 11.1. The third-order valence-corrected chi connectivity index (χ3v) is 12.5. The second-order valence-electron chi connectivity index (χ2n) is 13.4.